The first-order chi connectivity index (χ1) is 7.44. The molecule has 0 heterocycles. The Hall–Kier alpha value is -0.840. The minimum atomic E-state index is -6.17. The third-order valence-electron chi connectivity index (χ3n) is 1.15. The van der Waals surface area contributed by atoms with Gasteiger partial charge in [-0.3, -0.25) is 0 Å². The van der Waals surface area contributed by atoms with Crippen LogP contribution in [-0.2, 0) is 0 Å². The van der Waals surface area contributed by atoms with Crippen molar-refractivity contribution in [2.75, 3.05) is 0 Å². The van der Waals surface area contributed by atoms with Crippen molar-refractivity contribution in [3.05, 3.63) is 0 Å². The molecule has 0 bridgehead atoms. The molecule has 0 amide bonds. The molecule has 0 rings (SSSR count). The molecule has 0 N–H and O–H groups in total. The van der Waals surface area contributed by atoms with E-state index in [1.807, 2.05) is 0 Å². The largest absolute Gasteiger partial charge is 0.459 e. The Morgan fingerprint density at radius 1 is 0.611 bits per heavy atom. The molecule has 0 aliphatic carbocycles. The quantitative estimate of drug-likeness (QED) is 0.618. The van der Waals surface area contributed by atoms with Crippen molar-refractivity contribution in [2.24, 2.45) is 0 Å². The van der Waals surface area contributed by atoms with Gasteiger partial charge in [-0.25, -0.2) is 8.78 Å². The predicted molar refractivity (Wildman–Crippen MR) is 33.7 cm³/mol. The van der Waals surface area contributed by atoms with Crippen molar-refractivity contribution >= 4 is 0 Å². The van der Waals surface area contributed by atoms with Gasteiger partial charge in [0.1, 0.15) is 0 Å². The van der Waals surface area contributed by atoms with Crippen molar-refractivity contribution in [1.82, 2.24) is 0 Å². The van der Waals surface area contributed by atoms with Gasteiger partial charge in [0.15, 0.2) is 0 Å². The summed E-state index contributed by atoms with van der Waals surface area (Å²) in [6.07, 6.45) is -16.3. The number of hydrogen-bond donors (Lipinski definition) is 0. The van der Waals surface area contributed by atoms with E-state index in [1.165, 1.54) is 0 Å². The number of halogens is 12. The van der Waals surface area contributed by atoms with Crippen molar-refractivity contribution in [2.45, 2.75) is 37.5 Å². The molecule has 0 radical (unpaired) electrons. The van der Waals surface area contributed by atoms with E-state index in [-0.39, 0.29) is 6.92 Å². The minimum Gasteiger partial charge on any atom is -0.203 e. The monoisotopic (exact) mass is 304 g/mol. The van der Waals surface area contributed by atoms with Crippen LogP contribution >= 0.6 is 0 Å². The molecule has 112 valence electrons. The van der Waals surface area contributed by atoms with E-state index in [1.54, 1.807) is 0 Å². The molecule has 0 aliphatic heterocycles. The molecule has 0 spiro atoms. The maximum absolute atomic E-state index is 11.2. The van der Waals surface area contributed by atoms with Gasteiger partial charge in [-0.05, 0) is 0 Å². The lowest BCUT2D eigenvalue weighted by molar-refractivity contribution is -0.320. The van der Waals surface area contributed by atoms with Crippen LogP contribution in [0.1, 0.15) is 6.92 Å². The second-order valence-electron chi connectivity index (χ2n) is 2.81. The van der Waals surface area contributed by atoms with Gasteiger partial charge in [0.2, 0.25) is 0 Å². The molecule has 0 saturated heterocycles. The topological polar surface area (TPSA) is 0 Å². The van der Waals surface area contributed by atoms with Crippen molar-refractivity contribution < 1.29 is 52.7 Å². The smallest absolute Gasteiger partial charge is 0.203 e. The summed E-state index contributed by atoms with van der Waals surface area (Å²) in [6, 6.07) is 0. The zero-order valence-corrected chi connectivity index (χ0v) is 8.11. The molecule has 18 heavy (non-hydrogen) atoms. The summed E-state index contributed by atoms with van der Waals surface area (Å²) in [6.45, 7) is -0.188. The van der Waals surface area contributed by atoms with Gasteiger partial charge >= 0.3 is 30.6 Å². The van der Waals surface area contributed by atoms with E-state index in [0.29, 0.717) is 0 Å². The normalized spacial score (nSPS) is 14.3. The Balaban J connectivity index is 0. The molecule has 0 aromatic rings. The van der Waals surface area contributed by atoms with Crippen molar-refractivity contribution in [3.63, 3.8) is 0 Å². The molecule has 0 nitrogen and oxygen atoms in total. The molecule has 12 heteroatoms. The van der Waals surface area contributed by atoms with Crippen LogP contribution in [0.25, 0.3) is 0 Å². The van der Waals surface area contributed by atoms with Crippen LogP contribution in [0, 0.1) is 0 Å². The summed E-state index contributed by atoms with van der Waals surface area (Å²) in [5, 5.41) is 0. The van der Waals surface area contributed by atoms with Crippen LogP contribution in [-0.4, -0.2) is 30.6 Å². The second-order valence-corrected chi connectivity index (χ2v) is 2.81. The summed E-state index contributed by atoms with van der Waals surface area (Å²) in [5.74, 6) is -10.5. The van der Waals surface area contributed by atoms with Gasteiger partial charge in [0, 0.05) is 6.92 Å². The zero-order valence-electron chi connectivity index (χ0n) is 8.11. The van der Waals surface area contributed by atoms with Gasteiger partial charge in [0.05, 0.1) is 0 Å². The second kappa shape index (κ2) is 5.43. The van der Waals surface area contributed by atoms with Crippen LogP contribution in [0.15, 0.2) is 0 Å². The van der Waals surface area contributed by atoms with E-state index in [9.17, 15) is 52.7 Å². The Morgan fingerprint density at radius 2 is 0.833 bits per heavy atom. The lowest BCUT2D eigenvalue weighted by Gasteiger charge is -2.17. The van der Waals surface area contributed by atoms with E-state index in [2.05, 4.69) is 0 Å². The van der Waals surface area contributed by atoms with Gasteiger partial charge in [-0.1, -0.05) is 0 Å². The first-order valence-electron chi connectivity index (χ1n) is 3.61. The lowest BCUT2D eigenvalue weighted by Crippen LogP contribution is -2.42. The highest BCUT2D eigenvalue weighted by Gasteiger charge is 2.64. The minimum absolute atomic E-state index is 0.188. The fourth-order valence-corrected chi connectivity index (χ4v) is 0.124. The molecule has 0 fully saturated rings. The molecular weight excluding hydrogens is 300 g/mol. The summed E-state index contributed by atoms with van der Waals surface area (Å²) >= 11 is 0. The van der Waals surface area contributed by atoms with Gasteiger partial charge < -0.3 is 0 Å². The SMILES string of the molecule is CC(F)(F)C(F)(F)F.FC(F)C(F)(F)C(F)(F)F. The van der Waals surface area contributed by atoms with Crippen LogP contribution in [0.4, 0.5) is 52.7 Å². The predicted octanol–water partition coefficient (Wildman–Crippen LogP) is 4.65. The maximum atomic E-state index is 11.2. The number of hydrogen-bond acceptors (Lipinski definition) is 0. The maximum Gasteiger partial charge on any atom is 0.459 e. The fraction of sp³-hybridized carbons (Fsp3) is 1.00. The van der Waals surface area contributed by atoms with E-state index < -0.39 is 30.6 Å². The lowest BCUT2D eigenvalue weighted by atomic mass is 10.3. The third kappa shape index (κ3) is 5.67. The van der Waals surface area contributed by atoms with Crippen LogP contribution in [0.5, 0.6) is 0 Å². The summed E-state index contributed by atoms with van der Waals surface area (Å²) in [7, 11) is 0. The van der Waals surface area contributed by atoms with Gasteiger partial charge in [0.25, 0.3) is 0 Å². The molecule has 0 aromatic carbocycles. The first-order valence-corrected chi connectivity index (χ1v) is 3.61. The molecule has 0 atom stereocenters. The Bertz CT molecular complexity index is 227. The summed E-state index contributed by atoms with van der Waals surface area (Å²) in [4.78, 5) is 0. The van der Waals surface area contributed by atoms with Crippen molar-refractivity contribution in [3.8, 4) is 0 Å². The first kappa shape index (κ1) is 19.5. The summed E-state index contributed by atoms with van der Waals surface area (Å²) < 4.78 is 131. The van der Waals surface area contributed by atoms with E-state index >= 15 is 0 Å². The average Bonchev–Trinajstić information content (AvgIpc) is 1.98. The van der Waals surface area contributed by atoms with E-state index in [0.717, 1.165) is 0 Å². The van der Waals surface area contributed by atoms with E-state index in [4.69, 9.17) is 0 Å². The standard InChI is InChI=1S/C3HF7.C3H3F5/c4-1(5)2(6,7)3(8,9)10;1-2(4,5)3(6,7)8/h1H;1H3. The van der Waals surface area contributed by atoms with Crippen LogP contribution in [0.2, 0.25) is 0 Å². The highest BCUT2D eigenvalue weighted by atomic mass is 19.4. The van der Waals surface area contributed by atoms with Crippen LogP contribution in [0.3, 0.4) is 0 Å². The molecule has 0 unspecified atom stereocenters. The highest BCUT2D eigenvalue weighted by Crippen LogP contribution is 2.39. The van der Waals surface area contributed by atoms with Gasteiger partial charge in [-0.15, -0.1) is 0 Å². The molecule has 0 aliphatic rings. The fourth-order valence-electron chi connectivity index (χ4n) is 0.124. The van der Waals surface area contributed by atoms with Crippen LogP contribution < -0.4 is 0 Å². The Kier molecular flexibility index (Phi) is 5.88. The molecule has 0 aromatic heterocycles. The zero-order chi connectivity index (χ0) is 15.6. The molecular formula is C6H4F12. The number of rotatable bonds is 1. The summed E-state index contributed by atoms with van der Waals surface area (Å²) in [5.41, 5.74) is 0. The highest BCUT2D eigenvalue weighted by molar-refractivity contribution is 4.77. The third-order valence-corrected chi connectivity index (χ3v) is 1.15. The van der Waals surface area contributed by atoms with Gasteiger partial charge in [-0.2, -0.15) is 43.9 Å². The Morgan fingerprint density at radius 3 is 0.833 bits per heavy atom. The Labute approximate surface area is 91.6 Å². The molecule has 0 saturated carbocycles. The number of alkyl halides is 12. The van der Waals surface area contributed by atoms with Crippen molar-refractivity contribution in [1.29, 1.82) is 0 Å². The average molecular weight is 304 g/mol.